The van der Waals surface area contributed by atoms with E-state index in [1.165, 1.54) is 29.5 Å². The third-order valence-corrected chi connectivity index (χ3v) is 4.74. The van der Waals surface area contributed by atoms with Crippen LogP contribution in [0.4, 0.5) is 0 Å². The van der Waals surface area contributed by atoms with Gasteiger partial charge >= 0.3 is 0 Å². The van der Waals surface area contributed by atoms with Crippen molar-refractivity contribution in [2.75, 3.05) is 6.61 Å². The first kappa shape index (κ1) is 16.6. The topological polar surface area (TPSA) is 38.3 Å². The number of hydrogen-bond donors (Lipinski definition) is 1. The minimum absolute atomic E-state index is 0.0213. The number of nitrogens with one attached hydrogen (secondary N) is 1. The van der Waals surface area contributed by atoms with E-state index in [9.17, 15) is 4.79 Å². The Morgan fingerprint density at radius 1 is 1.12 bits per heavy atom. The highest BCUT2D eigenvalue weighted by atomic mass is 16.5. The number of amides is 1. The first-order valence-electron chi connectivity index (χ1n) is 8.73. The van der Waals surface area contributed by atoms with E-state index in [1.54, 1.807) is 0 Å². The molecule has 3 rings (SSSR count). The van der Waals surface area contributed by atoms with Gasteiger partial charge in [-0.05, 0) is 67.9 Å². The van der Waals surface area contributed by atoms with E-state index >= 15 is 0 Å². The molecular formula is C21H25NO2. The summed E-state index contributed by atoms with van der Waals surface area (Å²) in [6, 6.07) is 14.3. The Morgan fingerprint density at radius 2 is 1.92 bits per heavy atom. The maximum Gasteiger partial charge on any atom is 0.258 e. The Labute approximate surface area is 144 Å². The van der Waals surface area contributed by atoms with Crippen molar-refractivity contribution in [1.82, 2.24) is 5.32 Å². The van der Waals surface area contributed by atoms with Gasteiger partial charge in [0.1, 0.15) is 5.75 Å². The van der Waals surface area contributed by atoms with Crippen LogP contribution in [-0.2, 0) is 17.6 Å². The minimum Gasteiger partial charge on any atom is -0.483 e. The molecule has 1 N–H and O–H groups in total. The lowest BCUT2D eigenvalue weighted by Gasteiger charge is -2.20. The summed E-state index contributed by atoms with van der Waals surface area (Å²) < 4.78 is 5.82. The number of fused-ring (bicyclic) bond motifs is 1. The summed E-state index contributed by atoms with van der Waals surface area (Å²) in [5, 5.41) is 3.02. The zero-order valence-corrected chi connectivity index (χ0v) is 14.5. The van der Waals surface area contributed by atoms with Gasteiger partial charge in [-0.25, -0.2) is 0 Å². The standard InChI is InChI=1S/C21H25NO2/c1-15-8-3-5-11-18(15)16(2)22-21(23)14-24-20-13-7-10-17-9-4-6-12-19(17)20/h3,5,7-8,10-11,13,16H,4,6,9,12,14H2,1-2H3,(H,22,23). The molecule has 3 nitrogen and oxygen atoms in total. The number of carbonyl (C=O) groups is 1. The highest BCUT2D eigenvalue weighted by Gasteiger charge is 2.16. The van der Waals surface area contributed by atoms with E-state index in [-0.39, 0.29) is 18.6 Å². The Bertz CT molecular complexity index is 724. The highest BCUT2D eigenvalue weighted by Crippen LogP contribution is 2.29. The van der Waals surface area contributed by atoms with Crippen LogP contribution in [0.5, 0.6) is 5.75 Å². The molecule has 0 aromatic heterocycles. The molecule has 1 aliphatic rings. The van der Waals surface area contributed by atoms with Crippen LogP contribution in [0.15, 0.2) is 42.5 Å². The average Bonchev–Trinajstić information content (AvgIpc) is 2.60. The minimum atomic E-state index is -0.0841. The van der Waals surface area contributed by atoms with Crippen molar-refractivity contribution in [2.24, 2.45) is 0 Å². The molecule has 126 valence electrons. The molecule has 0 saturated heterocycles. The number of aryl methyl sites for hydroxylation is 2. The summed E-state index contributed by atoms with van der Waals surface area (Å²) in [5.41, 5.74) is 4.97. The van der Waals surface area contributed by atoms with Gasteiger partial charge in [0.2, 0.25) is 0 Å². The van der Waals surface area contributed by atoms with E-state index < -0.39 is 0 Å². The second kappa shape index (κ2) is 7.52. The molecule has 0 fully saturated rings. The van der Waals surface area contributed by atoms with Crippen molar-refractivity contribution in [3.63, 3.8) is 0 Å². The number of rotatable bonds is 5. The van der Waals surface area contributed by atoms with E-state index in [2.05, 4.69) is 30.4 Å². The molecule has 1 unspecified atom stereocenters. The SMILES string of the molecule is Cc1ccccc1C(C)NC(=O)COc1cccc2c1CCCC2. The predicted octanol–water partition coefficient (Wildman–Crippen LogP) is 4.13. The molecular weight excluding hydrogens is 298 g/mol. The molecule has 0 spiro atoms. The van der Waals surface area contributed by atoms with Crippen LogP contribution in [0.25, 0.3) is 0 Å². The van der Waals surface area contributed by atoms with E-state index in [0.717, 1.165) is 24.2 Å². The van der Waals surface area contributed by atoms with Crippen LogP contribution in [0.3, 0.4) is 0 Å². The monoisotopic (exact) mass is 323 g/mol. The molecule has 3 heteroatoms. The molecule has 2 aromatic carbocycles. The lowest BCUT2D eigenvalue weighted by Crippen LogP contribution is -2.31. The fourth-order valence-corrected chi connectivity index (χ4v) is 3.46. The number of ether oxygens (including phenoxy) is 1. The second-order valence-corrected chi connectivity index (χ2v) is 6.54. The van der Waals surface area contributed by atoms with Gasteiger partial charge in [0.25, 0.3) is 5.91 Å². The predicted molar refractivity (Wildman–Crippen MR) is 96.3 cm³/mol. The summed E-state index contributed by atoms with van der Waals surface area (Å²) in [5.74, 6) is 0.782. The van der Waals surface area contributed by atoms with E-state index in [4.69, 9.17) is 4.74 Å². The quantitative estimate of drug-likeness (QED) is 0.898. The van der Waals surface area contributed by atoms with E-state index in [0.29, 0.717) is 0 Å². The van der Waals surface area contributed by atoms with Crippen molar-refractivity contribution in [3.8, 4) is 5.75 Å². The van der Waals surface area contributed by atoms with Crippen molar-refractivity contribution < 1.29 is 9.53 Å². The highest BCUT2D eigenvalue weighted by molar-refractivity contribution is 5.78. The summed E-state index contributed by atoms with van der Waals surface area (Å²) in [6.07, 6.45) is 4.60. The maximum atomic E-state index is 12.2. The van der Waals surface area contributed by atoms with Gasteiger partial charge in [0, 0.05) is 0 Å². The van der Waals surface area contributed by atoms with Crippen molar-refractivity contribution >= 4 is 5.91 Å². The summed E-state index contributed by atoms with van der Waals surface area (Å²) in [6.45, 7) is 4.13. The number of hydrogen-bond acceptors (Lipinski definition) is 2. The normalized spacial score (nSPS) is 14.6. The van der Waals surface area contributed by atoms with Gasteiger partial charge in [0.05, 0.1) is 6.04 Å². The largest absolute Gasteiger partial charge is 0.483 e. The van der Waals surface area contributed by atoms with Crippen LogP contribution >= 0.6 is 0 Å². The number of benzene rings is 2. The molecule has 0 saturated carbocycles. The Hall–Kier alpha value is -2.29. The molecule has 0 aliphatic heterocycles. The Kier molecular flexibility index (Phi) is 5.19. The molecule has 1 aliphatic carbocycles. The summed E-state index contributed by atoms with van der Waals surface area (Å²) in [4.78, 5) is 12.2. The van der Waals surface area contributed by atoms with Crippen LogP contribution in [0.1, 0.15) is 48.1 Å². The fourth-order valence-electron chi connectivity index (χ4n) is 3.46. The lowest BCUT2D eigenvalue weighted by molar-refractivity contribution is -0.123. The first-order valence-corrected chi connectivity index (χ1v) is 8.73. The fraction of sp³-hybridized carbons (Fsp3) is 0.381. The van der Waals surface area contributed by atoms with E-state index in [1.807, 2.05) is 31.2 Å². The lowest BCUT2D eigenvalue weighted by atomic mass is 9.91. The third-order valence-electron chi connectivity index (χ3n) is 4.74. The van der Waals surface area contributed by atoms with Gasteiger partial charge < -0.3 is 10.1 Å². The van der Waals surface area contributed by atoms with Gasteiger partial charge in [0.15, 0.2) is 6.61 Å². The van der Waals surface area contributed by atoms with Gasteiger partial charge in [-0.2, -0.15) is 0 Å². The maximum absolute atomic E-state index is 12.2. The van der Waals surface area contributed by atoms with Crippen molar-refractivity contribution in [2.45, 2.75) is 45.6 Å². The molecule has 2 aromatic rings. The van der Waals surface area contributed by atoms with Crippen molar-refractivity contribution in [3.05, 3.63) is 64.7 Å². The molecule has 1 atom stereocenters. The summed E-state index contributed by atoms with van der Waals surface area (Å²) in [7, 11) is 0. The first-order chi connectivity index (χ1) is 11.6. The summed E-state index contributed by atoms with van der Waals surface area (Å²) >= 11 is 0. The zero-order chi connectivity index (χ0) is 16.9. The molecule has 0 heterocycles. The Balaban J connectivity index is 1.59. The number of carbonyl (C=O) groups excluding carboxylic acids is 1. The van der Waals surface area contributed by atoms with Crippen LogP contribution < -0.4 is 10.1 Å². The molecule has 0 bridgehead atoms. The van der Waals surface area contributed by atoms with Crippen LogP contribution in [-0.4, -0.2) is 12.5 Å². The smallest absolute Gasteiger partial charge is 0.258 e. The average molecular weight is 323 g/mol. The molecule has 24 heavy (non-hydrogen) atoms. The van der Waals surface area contributed by atoms with Gasteiger partial charge in [-0.1, -0.05) is 36.4 Å². The van der Waals surface area contributed by atoms with Gasteiger partial charge in [-0.15, -0.1) is 0 Å². The molecule has 0 radical (unpaired) electrons. The van der Waals surface area contributed by atoms with Crippen LogP contribution in [0, 0.1) is 6.92 Å². The molecule has 1 amide bonds. The van der Waals surface area contributed by atoms with Gasteiger partial charge in [-0.3, -0.25) is 4.79 Å². The zero-order valence-electron chi connectivity index (χ0n) is 14.5. The Morgan fingerprint density at radius 3 is 2.75 bits per heavy atom. The van der Waals surface area contributed by atoms with Crippen molar-refractivity contribution in [1.29, 1.82) is 0 Å². The van der Waals surface area contributed by atoms with Crippen LogP contribution in [0.2, 0.25) is 0 Å². The third kappa shape index (κ3) is 3.78. The second-order valence-electron chi connectivity index (χ2n) is 6.54.